The van der Waals surface area contributed by atoms with Crippen LogP contribution >= 0.6 is 0 Å². The molecule has 0 aromatic heterocycles. The Balaban J connectivity index is 3.13. The highest BCUT2D eigenvalue weighted by Gasteiger charge is 2.02. The number of phenolic OH excluding ortho intramolecular Hbond substituents is 1. The second-order valence-corrected chi connectivity index (χ2v) is 2.54. The summed E-state index contributed by atoms with van der Waals surface area (Å²) < 4.78 is 0. The normalized spacial score (nSPS) is 10.0. The number of rotatable bonds is 2. The fourth-order valence-electron chi connectivity index (χ4n) is 1.29. The summed E-state index contributed by atoms with van der Waals surface area (Å²) in [6, 6.07) is 6.56. The van der Waals surface area contributed by atoms with Crippen LogP contribution in [0.3, 0.4) is 0 Å². The maximum atomic E-state index is 9.37. The summed E-state index contributed by atoms with van der Waals surface area (Å²) in [6.45, 7) is 4.13. The zero-order valence-corrected chi connectivity index (χ0v) is 7.02. The molecule has 0 saturated heterocycles. The lowest BCUT2D eigenvalue weighted by Crippen LogP contribution is -1.90. The van der Waals surface area contributed by atoms with Gasteiger partial charge in [-0.2, -0.15) is 0 Å². The molecule has 0 bridgehead atoms. The van der Waals surface area contributed by atoms with Gasteiger partial charge in [0.15, 0.2) is 0 Å². The topological polar surface area (TPSA) is 20.2 Å². The van der Waals surface area contributed by atoms with Crippen molar-refractivity contribution in [1.29, 1.82) is 0 Å². The van der Waals surface area contributed by atoms with Crippen molar-refractivity contribution in [1.82, 2.24) is 0 Å². The van der Waals surface area contributed by atoms with Crippen LogP contribution < -0.4 is 0 Å². The Morgan fingerprint density at radius 1 is 1.36 bits per heavy atom. The van der Waals surface area contributed by atoms with Crippen LogP contribution in [0.2, 0.25) is 0 Å². The first kappa shape index (κ1) is 8.12. The van der Waals surface area contributed by atoms with Crippen LogP contribution in [-0.2, 0) is 12.8 Å². The van der Waals surface area contributed by atoms with E-state index in [9.17, 15) is 5.11 Å². The molecule has 0 aliphatic rings. The van der Waals surface area contributed by atoms with Crippen LogP contribution in [-0.4, -0.2) is 5.11 Å². The second-order valence-electron chi connectivity index (χ2n) is 2.54. The molecule has 0 fully saturated rings. The van der Waals surface area contributed by atoms with Gasteiger partial charge in [0.2, 0.25) is 0 Å². The van der Waals surface area contributed by atoms with Crippen LogP contribution in [0.1, 0.15) is 25.0 Å². The monoisotopic (exact) mass is 149 g/mol. The number of phenols is 1. The van der Waals surface area contributed by atoms with E-state index in [1.54, 1.807) is 6.07 Å². The van der Waals surface area contributed by atoms with Crippen LogP contribution in [0.15, 0.2) is 12.1 Å². The summed E-state index contributed by atoms with van der Waals surface area (Å²) in [5.74, 6) is 0.312. The van der Waals surface area contributed by atoms with Crippen molar-refractivity contribution in [2.75, 3.05) is 0 Å². The molecule has 0 heterocycles. The number of hydrogen-bond acceptors (Lipinski definition) is 1. The van der Waals surface area contributed by atoms with Crippen LogP contribution in [0.5, 0.6) is 5.75 Å². The minimum atomic E-state index is 0.312. The van der Waals surface area contributed by atoms with Gasteiger partial charge in [0.05, 0.1) is 0 Å². The molecule has 0 aliphatic carbocycles. The van der Waals surface area contributed by atoms with Crippen molar-refractivity contribution in [3.63, 3.8) is 0 Å². The molecule has 0 unspecified atom stereocenters. The molecule has 1 N–H and O–H groups in total. The quantitative estimate of drug-likeness (QED) is 0.684. The molecule has 59 valence electrons. The standard InChI is InChI=1S/C10H13O/c1-3-8-6-5-7-10(11)9(8)4-2/h5-6,11H,3-4H2,1-2H3. The highest BCUT2D eigenvalue weighted by Crippen LogP contribution is 2.20. The van der Waals surface area contributed by atoms with E-state index >= 15 is 0 Å². The molecule has 0 amide bonds. The molecular formula is C10H13O. The van der Waals surface area contributed by atoms with E-state index in [0.29, 0.717) is 5.75 Å². The molecule has 1 aromatic carbocycles. The summed E-state index contributed by atoms with van der Waals surface area (Å²) in [7, 11) is 0. The van der Waals surface area contributed by atoms with Gasteiger partial charge < -0.3 is 5.11 Å². The molecule has 0 saturated carbocycles. The van der Waals surface area contributed by atoms with Crippen molar-refractivity contribution in [3.8, 4) is 5.75 Å². The number of aromatic hydroxyl groups is 1. The van der Waals surface area contributed by atoms with Crippen molar-refractivity contribution in [3.05, 3.63) is 29.3 Å². The first-order valence-corrected chi connectivity index (χ1v) is 4.01. The lowest BCUT2D eigenvalue weighted by molar-refractivity contribution is 0.466. The molecule has 1 heteroatoms. The van der Waals surface area contributed by atoms with Gasteiger partial charge in [-0.1, -0.05) is 26.0 Å². The van der Waals surface area contributed by atoms with Crippen molar-refractivity contribution in [2.24, 2.45) is 0 Å². The Morgan fingerprint density at radius 2 is 2.09 bits per heavy atom. The van der Waals surface area contributed by atoms with E-state index in [1.807, 2.05) is 13.0 Å². The first-order valence-electron chi connectivity index (χ1n) is 4.01. The minimum Gasteiger partial charge on any atom is -0.507 e. The Hall–Kier alpha value is -0.980. The number of aryl methyl sites for hydroxylation is 1. The summed E-state index contributed by atoms with van der Waals surface area (Å²) >= 11 is 0. The summed E-state index contributed by atoms with van der Waals surface area (Å²) in [5, 5.41) is 9.37. The predicted molar refractivity (Wildman–Crippen MR) is 45.7 cm³/mol. The average Bonchev–Trinajstić information content (AvgIpc) is 2.04. The highest BCUT2D eigenvalue weighted by atomic mass is 16.3. The zero-order chi connectivity index (χ0) is 8.27. The molecule has 1 rings (SSSR count). The van der Waals surface area contributed by atoms with Gasteiger partial charge in [-0.3, -0.25) is 0 Å². The second kappa shape index (κ2) is 3.42. The average molecular weight is 149 g/mol. The van der Waals surface area contributed by atoms with E-state index in [0.717, 1.165) is 18.4 Å². The number of hydrogen-bond donors (Lipinski definition) is 1. The first-order chi connectivity index (χ1) is 5.29. The summed E-state index contributed by atoms with van der Waals surface area (Å²) in [4.78, 5) is 0. The predicted octanol–water partition coefficient (Wildman–Crippen LogP) is 2.32. The third-order valence-corrected chi connectivity index (χ3v) is 1.91. The largest absolute Gasteiger partial charge is 0.507 e. The van der Waals surface area contributed by atoms with E-state index in [2.05, 4.69) is 13.0 Å². The molecule has 1 aromatic rings. The Labute approximate surface area is 67.7 Å². The van der Waals surface area contributed by atoms with Crippen LogP contribution in [0.4, 0.5) is 0 Å². The Morgan fingerprint density at radius 3 is 2.55 bits per heavy atom. The molecule has 1 radical (unpaired) electrons. The van der Waals surface area contributed by atoms with Gasteiger partial charge in [0.25, 0.3) is 0 Å². The SMILES string of the molecule is CCc1cc[c]c(O)c1CC. The van der Waals surface area contributed by atoms with Gasteiger partial charge >= 0.3 is 0 Å². The third kappa shape index (κ3) is 1.53. The smallest absolute Gasteiger partial charge is 0.126 e. The third-order valence-electron chi connectivity index (χ3n) is 1.91. The van der Waals surface area contributed by atoms with Gasteiger partial charge in [-0.25, -0.2) is 0 Å². The maximum Gasteiger partial charge on any atom is 0.126 e. The molecule has 1 nitrogen and oxygen atoms in total. The zero-order valence-electron chi connectivity index (χ0n) is 7.02. The lowest BCUT2D eigenvalue weighted by atomic mass is 10.0. The van der Waals surface area contributed by atoms with Crippen molar-refractivity contribution < 1.29 is 5.11 Å². The van der Waals surface area contributed by atoms with E-state index in [4.69, 9.17) is 0 Å². The Bertz CT molecular complexity index is 241. The van der Waals surface area contributed by atoms with E-state index in [1.165, 1.54) is 5.56 Å². The van der Waals surface area contributed by atoms with Crippen LogP contribution in [0.25, 0.3) is 0 Å². The minimum absolute atomic E-state index is 0.312. The van der Waals surface area contributed by atoms with Crippen molar-refractivity contribution in [2.45, 2.75) is 26.7 Å². The summed E-state index contributed by atoms with van der Waals surface area (Å²) in [6.07, 6.45) is 1.86. The number of benzene rings is 1. The van der Waals surface area contributed by atoms with E-state index < -0.39 is 0 Å². The van der Waals surface area contributed by atoms with Gasteiger partial charge in [0.1, 0.15) is 5.75 Å². The molecule has 11 heavy (non-hydrogen) atoms. The molecule has 0 aliphatic heterocycles. The van der Waals surface area contributed by atoms with Crippen LogP contribution in [0, 0.1) is 6.07 Å². The van der Waals surface area contributed by atoms with Gasteiger partial charge in [-0.05, 0) is 24.0 Å². The lowest BCUT2D eigenvalue weighted by Gasteiger charge is -2.05. The van der Waals surface area contributed by atoms with E-state index in [-0.39, 0.29) is 0 Å². The Kier molecular flexibility index (Phi) is 2.53. The fourth-order valence-corrected chi connectivity index (χ4v) is 1.29. The molecule has 0 atom stereocenters. The maximum absolute atomic E-state index is 9.37. The summed E-state index contributed by atoms with van der Waals surface area (Å²) in [5.41, 5.74) is 2.26. The van der Waals surface area contributed by atoms with Crippen molar-refractivity contribution >= 4 is 0 Å². The van der Waals surface area contributed by atoms with Gasteiger partial charge in [0, 0.05) is 6.07 Å². The van der Waals surface area contributed by atoms with Gasteiger partial charge in [-0.15, -0.1) is 0 Å². The fraction of sp³-hybridized carbons (Fsp3) is 0.400. The molecule has 0 spiro atoms. The molecular weight excluding hydrogens is 136 g/mol. The highest BCUT2D eigenvalue weighted by molar-refractivity contribution is 5.38.